The fourth-order valence-electron chi connectivity index (χ4n) is 4.09. The predicted octanol–water partition coefficient (Wildman–Crippen LogP) is 5.57. The molecular weight excluding hydrogens is 450 g/mol. The first-order valence-electron chi connectivity index (χ1n) is 11.4. The molecule has 1 aromatic heterocycles. The van der Waals surface area contributed by atoms with Crippen molar-refractivity contribution < 1.29 is 23.9 Å². The molecule has 3 aromatic rings. The highest BCUT2D eigenvalue weighted by Crippen LogP contribution is 2.38. The second-order valence-electron chi connectivity index (χ2n) is 8.17. The Morgan fingerprint density at radius 2 is 1.68 bits per heavy atom. The van der Waals surface area contributed by atoms with Crippen LogP contribution in [0.25, 0.3) is 11.1 Å². The van der Waals surface area contributed by atoms with Crippen LogP contribution < -0.4 is 5.32 Å². The zero-order valence-corrected chi connectivity index (χ0v) is 20.1. The summed E-state index contributed by atoms with van der Waals surface area (Å²) in [5, 5.41) is 3.23. The van der Waals surface area contributed by atoms with Gasteiger partial charge in [0.25, 0.3) is 5.91 Å². The quantitative estimate of drug-likeness (QED) is 0.450. The molecule has 1 N–H and O–H groups in total. The molecule has 0 radical (unpaired) electrons. The Balaban J connectivity index is 1.46. The number of carbonyl (C=O) groups is 3. The Labute approximate surface area is 202 Å². The summed E-state index contributed by atoms with van der Waals surface area (Å²) in [6.07, 6.45) is 3.73. The van der Waals surface area contributed by atoms with Crippen LogP contribution >= 0.6 is 11.3 Å². The van der Waals surface area contributed by atoms with Crippen molar-refractivity contribution in [1.82, 2.24) is 0 Å². The summed E-state index contributed by atoms with van der Waals surface area (Å²) in [6, 6.07) is 15.0. The predicted molar refractivity (Wildman–Crippen MR) is 132 cm³/mol. The van der Waals surface area contributed by atoms with Gasteiger partial charge in [-0.3, -0.25) is 4.79 Å². The molecule has 0 saturated heterocycles. The van der Waals surface area contributed by atoms with E-state index in [2.05, 4.69) is 5.32 Å². The summed E-state index contributed by atoms with van der Waals surface area (Å²) in [7, 11) is 0. The Hall–Kier alpha value is -3.45. The molecule has 1 aliphatic rings. The molecule has 0 aliphatic heterocycles. The number of benzene rings is 2. The van der Waals surface area contributed by atoms with Gasteiger partial charge in [-0.2, -0.15) is 0 Å². The van der Waals surface area contributed by atoms with E-state index in [0.29, 0.717) is 16.1 Å². The smallest absolute Gasteiger partial charge is 0.341 e. The minimum atomic E-state index is -0.581. The van der Waals surface area contributed by atoms with E-state index >= 15 is 0 Å². The largest absolute Gasteiger partial charge is 0.462 e. The minimum Gasteiger partial charge on any atom is -0.462 e. The van der Waals surface area contributed by atoms with Crippen LogP contribution in [0, 0.1) is 6.92 Å². The highest BCUT2D eigenvalue weighted by Gasteiger charge is 2.27. The fraction of sp³-hybridized carbons (Fsp3) is 0.296. The van der Waals surface area contributed by atoms with E-state index in [1.165, 1.54) is 11.3 Å². The van der Waals surface area contributed by atoms with Crippen molar-refractivity contribution in [2.24, 2.45) is 0 Å². The van der Waals surface area contributed by atoms with Crippen molar-refractivity contribution in [1.29, 1.82) is 0 Å². The number of aryl methyl sites for hydroxylation is 2. The third kappa shape index (κ3) is 5.20. The van der Waals surface area contributed by atoms with E-state index < -0.39 is 24.5 Å². The van der Waals surface area contributed by atoms with Gasteiger partial charge in [0.05, 0.1) is 17.7 Å². The zero-order valence-electron chi connectivity index (χ0n) is 19.3. The van der Waals surface area contributed by atoms with Crippen LogP contribution in [-0.2, 0) is 27.1 Å². The highest BCUT2D eigenvalue weighted by molar-refractivity contribution is 7.17. The summed E-state index contributed by atoms with van der Waals surface area (Å²) >= 11 is 1.40. The number of thiophene rings is 1. The van der Waals surface area contributed by atoms with Gasteiger partial charge in [-0.25, -0.2) is 9.59 Å². The van der Waals surface area contributed by atoms with Crippen molar-refractivity contribution >= 4 is 34.2 Å². The molecule has 0 saturated carbocycles. The third-order valence-corrected chi connectivity index (χ3v) is 6.95. The van der Waals surface area contributed by atoms with Crippen molar-refractivity contribution in [3.8, 4) is 11.1 Å². The van der Waals surface area contributed by atoms with Crippen LogP contribution in [0.1, 0.15) is 56.5 Å². The van der Waals surface area contributed by atoms with Gasteiger partial charge in [0.1, 0.15) is 5.00 Å². The molecule has 0 spiro atoms. The van der Waals surface area contributed by atoms with E-state index in [-0.39, 0.29) is 6.61 Å². The molecule has 6 nitrogen and oxygen atoms in total. The maximum absolute atomic E-state index is 12.8. The van der Waals surface area contributed by atoms with Crippen LogP contribution in [0.4, 0.5) is 5.00 Å². The molecule has 0 atom stereocenters. The molecule has 1 heterocycles. The number of carbonyl (C=O) groups excluding carboxylic acids is 3. The number of ether oxygens (including phenoxy) is 2. The van der Waals surface area contributed by atoms with Gasteiger partial charge < -0.3 is 14.8 Å². The molecular formula is C27H27NO5S. The second-order valence-corrected chi connectivity index (χ2v) is 9.28. The van der Waals surface area contributed by atoms with E-state index in [4.69, 9.17) is 9.47 Å². The molecule has 0 bridgehead atoms. The summed E-state index contributed by atoms with van der Waals surface area (Å²) in [4.78, 5) is 39.1. The Bertz CT molecular complexity index is 1210. The summed E-state index contributed by atoms with van der Waals surface area (Å²) in [5.41, 5.74) is 4.55. The van der Waals surface area contributed by atoms with Crippen molar-refractivity contribution in [2.75, 3.05) is 18.5 Å². The molecule has 7 heteroatoms. The lowest BCUT2D eigenvalue weighted by atomic mass is 9.95. The minimum absolute atomic E-state index is 0.259. The fourth-order valence-corrected chi connectivity index (χ4v) is 5.38. The number of amides is 1. The van der Waals surface area contributed by atoms with Crippen LogP contribution in [0.15, 0.2) is 48.5 Å². The van der Waals surface area contributed by atoms with E-state index in [1.54, 1.807) is 19.1 Å². The van der Waals surface area contributed by atoms with Gasteiger partial charge in [0.2, 0.25) is 0 Å². The zero-order chi connectivity index (χ0) is 24.1. The van der Waals surface area contributed by atoms with Gasteiger partial charge in [-0.15, -0.1) is 11.3 Å². The maximum Gasteiger partial charge on any atom is 0.341 e. The lowest BCUT2D eigenvalue weighted by Crippen LogP contribution is -2.22. The van der Waals surface area contributed by atoms with Gasteiger partial charge >= 0.3 is 11.9 Å². The average Bonchev–Trinajstić information content (AvgIpc) is 3.21. The molecule has 34 heavy (non-hydrogen) atoms. The van der Waals surface area contributed by atoms with Gasteiger partial charge in [-0.1, -0.05) is 48.0 Å². The number of hydrogen-bond acceptors (Lipinski definition) is 6. The molecule has 176 valence electrons. The van der Waals surface area contributed by atoms with Crippen LogP contribution in [0.2, 0.25) is 0 Å². The van der Waals surface area contributed by atoms with Crippen molar-refractivity contribution in [2.45, 2.75) is 39.5 Å². The van der Waals surface area contributed by atoms with Gasteiger partial charge in [0.15, 0.2) is 6.61 Å². The van der Waals surface area contributed by atoms with E-state index in [9.17, 15) is 14.4 Å². The van der Waals surface area contributed by atoms with Crippen molar-refractivity contribution in [3.63, 3.8) is 0 Å². The normalized spacial score (nSPS) is 12.5. The Morgan fingerprint density at radius 3 is 2.44 bits per heavy atom. The van der Waals surface area contributed by atoms with Crippen LogP contribution in [0.3, 0.4) is 0 Å². The average molecular weight is 478 g/mol. The SMILES string of the molecule is CCOC(=O)c1c(NC(=O)COC(=O)c2ccccc2-c2ccc(C)cc2)sc2c1CCCC2. The van der Waals surface area contributed by atoms with Crippen LogP contribution in [0.5, 0.6) is 0 Å². The second kappa shape index (κ2) is 10.7. The van der Waals surface area contributed by atoms with Crippen LogP contribution in [-0.4, -0.2) is 31.1 Å². The standard InChI is InChI=1S/C27H27NO5S/c1-3-32-27(31)24-21-10-6-7-11-22(21)34-25(24)28-23(29)16-33-26(30)20-9-5-4-8-19(20)18-14-12-17(2)13-15-18/h4-5,8-9,12-15H,3,6-7,10-11,16H2,1-2H3,(H,28,29). The lowest BCUT2D eigenvalue weighted by molar-refractivity contribution is -0.119. The molecule has 1 amide bonds. The molecule has 4 rings (SSSR count). The number of nitrogens with one attached hydrogen (secondary N) is 1. The van der Waals surface area contributed by atoms with Gasteiger partial charge in [-0.05, 0) is 62.3 Å². The van der Waals surface area contributed by atoms with Gasteiger partial charge in [0, 0.05) is 4.88 Å². The number of fused-ring (bicyclic) bond motifs is 1. The number of esters is 2. The molecule has 1 aliphatic carbocycles. The first kappa shape index (κ1) is 23.7. The first-order chi connectivity index (χ1) is 16.5. The topological polar surface area (TPSA) is 81.7 Å². The summed E-state index contributed by atoms with van der Waals surface area (Å²) in [6.45, 7) is 3.56. The number of anilines is 1. The maximum atomic E-state index is 12.8. The molecule has 0 unspecified atom stereocenters. The summed E-state index contributed by atoms with van der Waals surface area (Å²) in [5.74, 6) is -1.51. The Morgan fingerprint density at radius 1 is 0.941 bits per heavy atom. The van der Waals surface area contributed by atoms with E-state index in [1.807, 2.05) is 43.3 Å². The Kier molecular flexibility index (Phi) is 7.43. The molecule has 0 fully saturated rings. The third-order valence-electron chi connectivity index (χ3n) is 5.75. The number of hydrogen-bond donors (Lipinski definition) is 1. The molecule has 2 aromatic carbocycles. The highest BCUT2D eigenvalue weighted by atomic mass is 32.1. The summed E-state index contributed by atoms with van der Waals surface area (Å²) < 4.78 is 10.6. The first-order valence-corrected chi connectivity index (χ1v) is 12.2. The van der Waals surface area contributed by atoms with E-state index in [0.717, 1.165) is 52.8 Å². The monoisotopic (exact) mass is 477 g/mol. The van der Waals surface area contributed by atoms with Crippen molar-refractivity contribution in [3.05, 3.63) is 75.7 Å². The lowest BCUT2D eigenvalue weighted by Gasteiger charge is -2.12. The number of rotatable bonds is 7.